The molecule has 1 atom stereocenters. The fraction of sp³-hybridized carbons (Fsp3) is 0.385. The van der Waals surface area contributed by atoms with E-state index in [1.54, 1.807) is 12.5 Å². The van der Waals surface area contributed by atoms with Gasteiger partial charge < -0.3 is 4.98 Å². The number of rotatable bonds is 2. The zero-order valence-corrected chi connectivity index (χ0v) is 12.7. The molecule has 0 saturated carbocycles. The van der Waals surface area contributed by atoms with Crippen LogP contribution in [-0.4, -0.2) is 57.2 Å². The molecule has 114 valence electrons. The van der Waals surface area contributed by atoms with Gasteiger partial charge >= 0.3 is 0 Å². The summed E-state index contributed by atoms with van der Waals surface area (Å²) < 4.78 is 24.9. The molecule has 1 aliphatic heterocycles. The molecule has 4 rings (SSSR count). The third kappa shape index (κ3) is 2.04. The first-order valence-corrected chi connectivity index (χ1v) is 8.78. The third-order valence-corrected chi connectivity index (χ3v) is 5.39. The van der Waals surface area contributed by atoms with Gasteiger partial charge in [-0.2, -0.15) is 0 Å². The molecule has 8 nitrogen and oxygen atoms in total. The molecule has 1 unspecified atom stereocenters. The number of fused-ring (bicyclic) bond motifs is 3. The molecule has 0 aromatic carbocycles. The minimum atomic E-state index is -3.16. The summed E-state index contributed by atoms with van der Waals surface area (Å²) in [5.74, 6) is 0.0857. The first kappa shape index (κ1) is 13.5. The molecular weight excluding hydrogens is 304 g/mol. The molecule has 1 aliphatic rings. The van der Waals surface area contributed by atoms with Gasteiger partial charge in [-0.25, -0.2) is 22.7 Å². The van der Waals surface area contributed by atoms with Crippen molar-refractivity contribution in [2.24, 2.45) is 0 Å². The first-order valence-electron chi connectivity index (χ1n) is 6.93. The van der Waals surface area contributed by atoms with Crippen molar-refractivity contribution in [3.05, 3.63) is 24.3 Å². The van der Waals surface area contributed by atoms with Crippen molar-refractivity contribution in [3.63, 3.8) is 0 Å². The second-order valence-corrected chi connectivity index (χ2v) is 7.49. The third-order valence-electron chi connectivity index (χ3n) is 4.12. The van der Waals surface area contributed by atoms with Gasteiger partial charge in [-0.1, -0.05) is 0 Å². The zero-order valence-electron chi connectivity index (χ0n) is 11.9. The van der Waals surface area contributed by atoms with Crippen molar-refractivity contribution < 1.29 is 8.42 Å². The average molecular weight is 318 g/mol. The molecule has 0 amide bonds. The highest BCUT2D eigenvalue weighted by atomic mass is 32.2. The van der Waals surface area contributed by atoms with Gasteiger partial charge in [0.1, 0.15) is 0 Å². The topological polar surface area (TPSA) is 105 Å². The lowest BCUT2D eigenvalue weighted by molar-refractivity contribution is 0.478. The van der Waals surface area contributed by atoms with Crippen LogP contribution in [0, 0.1) is 0 Å². The number of H-pyrrole nitrogens is 1. The van der Waals surface area contributed by atoms with Crippen molar-refractivity contribution in [1.29, 1.82) is 0 Å². The van der Waals surface area contributed by atoms with E-state index in [4.69, 9.17) is 0 Å². The lowest BCUT2D eigenvalue weighted by Crippen LogP contribution is -2.27. The van der Waals surface area contributed by atoms with Gasteiger partial charge in [-0.15, -0.1) is 10.2 Å². The largest absolute Gasteiger partial charge is 0.349 e. The maximum atomic E-state index is 11.7. The lowest BCUT2D eigenvalue weighted by Gasteiger charge is -2.15. The van der Waals surface area contributed by atoms with Crippen LogP contribution >= 0.6 is 0 Å². The minimum Gasteiger partial charge on any atom is -0.349 e. The molecule has 9 heteroatoms. The fourth-order valence-corrected chi connectivity index (χ4v) is 3.93. The Balaban J connectivity index is 1.87. The lowest BCUT2D eigenvalue weighted by atomic mass is 10.0. The van der Waals surface area contributed by atoms with Crippen LogP contribution in [0.2, 0.25) is 0 Å². The second kappa shape index (κ2) is 4.68. The van der Waals surface area contributed by atoms with Gasteiger partial charge in [0, 0.05) is 36.3 Å². The quantitative estimate of drug-likeness (QED) is 0.744. The van der Waals surface area contributed by atoms with E-state index < -0.39 is 10.0 Å². The molecule has 1 saturated heterocycles. The van der Waals surface area contributed by atoms with Crippen LogP contribution in [0.3, 0.4) is 0 Å². The molecule has 3 aromatic heterocycles. The Morgan fingerprint density at radius 1 is 1.27 bits per heavy atom. The Bertz CT molecular complexity index is 967. The average Bonchev–Trinajstić information content (AvgIpc) is 3.15. The Morgan fingerprint density at radius 3 is 2.86 bits per heavy atom. The number of nitrogens with one attached hydrogen (secondary N) is 1. The standard InChI is InChI=1S/C13H14N6O2S/c1-22(20,21)19-5-3-8(6-19)11-10-9-2-4-14-12(9)17-18-13(10)16-7-15-11/h2,4,7-8H,3,5-6H2,1H3,(H,15,16,18). The Kier molecular flexibility index (Phi) is 2.88. The fourth-order valence-electron chi connectivity index (χ4n) is 3.04. The van der Waals surface area contributed by atoms with Crippen LogP contribution in [0.25, 0.3) is 22.1 Å². The van der Waals surface area contributed by atoms with Gasteiger partial charge in [-0.05, 0) is 12.5 Å². The van der Waals surface area contributed by atoms with Crippen LogP contribution < -0.4 is 0 Å². The molecule has 1 N–H and O–H groups in total. The molecular formula is C13H14N6O2S. The van der Waals surface area contributed by atoms with E-state index in [0.29, 0.717) is 24.4 Å². The van der Waals surface area contributed by atoms with Gasteiger partial charge in [-0.3, -0.25) is 0 Å². The van der Waals surface area contributed by atoms with E-state index in [-0.39, 0.29) is 5.92 Å². The maximum Gasteiger partial charge on any atom is 0.211 e. The first-order chi connectivity index (χ1) is 10.5. The van der Waals surface area contributed by atoms with Gasteiger partial charge in [0.2, 0.25) is 10.0 Å². The highest BCUT2D eigenvalue weighted by Gasteiger charge is 2.31. The van der Waals surface area contributed by atoms with Crippen LogP contribution in [0.4, 0.5) is 0 Å². The summed E-state index contributed by atoms with van der Waals surface area (Å²) in [4.78, 5) is 11.6. The Morgan fingerprint density at radius 2 is 2.09 bits per heavy atom. The maximum absolute atomic E-state index is 11.7. The van der Waals surface area contributed by atoms with Gasteiger partial charge in [0.15, 0.2) is 11.3 Å². The molecule has 1 fully saturated rings. The highest BCUT2D eigenvalue weighted by Crippen LogP contribution is 2.33. The number of sulfonamides is 1. The molecule has 0 radical (unpaired) electrons. The van der Waals surface area contributed by atoms with Crippen molar-refractivity contribution in [2.75, 3.05) is 19.3 Å². The summed E-state index contributed by atoms with van der Waals surface area (Å²) in [6, 6.07) is 1.88. The van der Waals surface area contributed by atoms with Gasteiger partial charge in [0.05, 0.1) is 18.0 Å². The molecule has 0 spiro atoms. The number of aromatic amines is 1. The van der Waals surface area contributed by atoms with Crippen molar-refractivity contribution in [3.8, 4) is 0 Å². The normalized spacial score (nSPS) is 20.1. The van der Waals surface area contributed by atoms with Crippen LogP contribution in [0.1, 0.15) is 18.0 Å². The second-order valence-electron chi connectivity index (χ2n) is 5.50. The summed E-state index contributed by atoms with van der Waals surface area (Å²) in [6.07, 6.45) is 5.28. The predicted octanol–water partition coefficient (Wildman–Crippen LogP) is 0.650. The summed E-state index contributed by atoms with van der Waals surface area (Å²) in [6.45, 7) is 0.995. The van der Waals surface area contributed by atoms with E-state index in [0.717, 1.165) is 22.9 Å². The van der Waals surface area contributed by atoms with E-state index >= 15 is 0 Å². The number of nitrogens with zero attached hydrogens (tertiary/aromatic N) is 5. The van der Waals surface area contributed by atoms with Crippen LogP contribution in [-0.2, 0) is 10.0 Å². The molecule has 0 aliphatic carbocycles. The van der Waals surface area contributed by atoms with Crippen LogP contribution in [0.15, 0.2) is 18.6 Å². The Labute approximate surface area is 126 Å². The number of aromatic nitrogens is 5. The van der Waals surface area contributed by atoms with Crippen molar-refractivity contribution >= 4 is 32.1 Å². The highest BCUT2D eigenvalue weighted by molar-refractivity contribution is 7.88. The van der Waals surface area contributed by atoms with E-state index in [9.17, 15) is 8.42 Å². The van der Waals surface area contributed by atoms with Gasteiger partial charge in [0.25, 0.3) is 0 Å². The molecule has 0 bridgehead atoms. The molecule has 4 heterocycles. The van der Waals surface area contributed by atoms with E-state index in [1.807, 2.05) is 6.07 Å². The van der Waals surface area contributed by atoms with E-state index in [1.165, 1.54) is 10.6 Å². The van der Waals surface area contributed by atoms with Crippen molar-refractivity contribution in [2.45, 2.75) is 12.3 Å². The molecule has 3 aromatic rings. The summed E-state index contributed by atoms with van der Waals surface area (Å²) in [5.41, 5.74) is 2.07. The summed E-state index contributed by atoms with van der Waals surface area (Å²) in [5, 5.41) is 9.92. The SMILES string of the molecule is CS(=O)(=O)N1CCC(c2[nH]cnc3nnc4nccc4c23)C1. The zero-order chi connectivity index (χ0) is 15.3. The summed E-state index contributed by atoms with van der Waals surface area (Å²) in [7, 11) is -3.16. The van der Waals surface area contributed by atoms with E-state index in [2.05, 4.69) is 25.1 Å². The minimum absolute atomic E-state index is 0.0857. The number of hydrogen-bond donors (Lipinski definition) is 1. The molecule has 22 heavy (non-hydrogen) atoms. The van der Waals surface area contributed by atoms with Crippen LogP contribution in [0.5, 0.6) is 0 Å². The summed E-state index contributed by atoms with van der Waals surface area (Å²) >= 11 is 0. The number of hydrogen-bond acceptors (Lipinski definition) is 6. The predicted molar refractivity (Wildman–Crippen MR) is 80.8 cm³/mol. The van der Waals surface area contributed by atoms with Crippen molar-refractivity contribution in [1.82, 2.24) is 29.5 Å². The monoisotopic (exact) mass is 318 g/mol. The smallest absolute Gasteiger partial charge is 0.211 e. The Hall–Kier alpha value is -2.13.